The predicted molar refractivity (Wildman–Crippen MR) is 117 cm³/mol. The molecular weight excluding hydrogens is 400 g/mol. The van der Waals surface area contributed by atoms with Crippen LogP contribution in [0.5, 0.6) is 0 Å². The monoisotopic (exact) mass is 418 g/mol. The molecule has 0 aliphatic carbocycles. The van der Waals surface area contributed by atoms with Gasteiger partial charge in [0, 0.05) is 42.4 Å². The predicted octanol–water partition coefficient (Wildman–Crippen LogP) is 5.22. The zero-order valence-corrected chi connectivity index (χ0v) is 17.4. The van der Waals surface area contributed by atoms with Gasteiger partial charge in [0.1, 0.15) is 5.82 Å². The number of rotatable bonds is 6. The summed E-state index contributed by atoms with van der Waals surface area (Å²) in [5.74, 6) is 0.754. The average molecular weight is 419 g/mol. The van der Waals surface area contributed by atoms with E-state index in [1.807, 2.05) is 61.2 Å². The Balaban J connectivity index is 2.00. The van der Waals surface area contributed by atoms with Gasteiger partial charge < -0.3 is 0 Å². The van der Waals surface area contributed by atoms with Crippen LogP contribution in [-0.4, -0.2) is 26.2 Å². The lowest BCUT2D eigenvalue weighted by atomic mass is 9.68. The summed E-state index contributed by atoms with van der Waals surface area (Å²) in [5, 5.41) is 1.62. The van der Waals surface area contributed by atoms with Crippen LogP contribution >= 0.6 is 23.4 Å². The van der Waals surface area contributed by atoms with E-state index in [1.165, 1.54) is 0 Å². The Labute approximate surface area is 179 Å². The largest absolute Gasteiger partial charge is 0.264 e. The molecule has 4 aromatic rings. The van der Waals surface area contributed by atoms with E-state index in [2.05, 4.69) is 33.2 Å². The first-order valence-electron chi connectivity index (χ1n) is 9.15. The van der Waals surface area contributed by atoms with Gasteiger partial charge in [-0.15, -0.1) is 11.8 Å². The maximum Gasteiger partial charge on any atom is 0.131 e. The molecule has 4 nitrogen and oxygen atoms in total. The second-order valence-corrected chi connectivity index (χ2v) is 7.85. The molecular formula is C23H19ClN4S. The molecule has 1 aromatic carbocycles. The van der Waals surface area contributed by atoms with Gasteiger partial charge in [0.05, 0.1) is 10.4 Å². The Morgan fingerprint density at radius 1 is 0.862 bits per heavy atom. The van der Waals surface area contributed by atoms with Gasteiger partial charge in [-0.2, -0.15) is 0 Å². The number of thioether (sulfide) groups is 1. The van der Waals surface area contributed by atoms with E-state index in [4.69, 9.17) is 16.6 Å². The molecule has 0 N–H and O–H groups in total. The third-order valence-corrected chi connectivity index (χ3v) is 5.82. The average Bonchev–Trinajstić information content (AvgIpc) is 2.79. The lowest BCUT2D eigenvalue weighted by Crippen LogP contribution is -2.33. The van der Waals surface area contributed by atoms with E-state index < -0.39 is 5.41 Å². The van der Waals surface area contributed by atoms with Crippen molar-refractivity contribution in [2.45, 2.75) is 16.9 Å². The molecule has 0 aliphatic rings. The van der Waals surface area contributed by atoms with Gasteiger partial charge in [-0.1, -0.05) is 35.9 Å². The SMILES string of the molecule is CSc1ccnc(CC(c2cccnc2)(c2cccnc2)c2cccc(Cl)c2)n1. The third-order valence-electron chi connectivity index (χ3n) is 4.94. The lowest BCUT2D eigenvalue weighted by molar-refractivity contribution is 0.582. The summed E-state index contributed by atoms with van der Waals surface area (Å²) in [5.41, 5.74) is 2.54. The Morgan fingerprint density at radius 2 is 1.55 bits per heavy atom. The molecule has 0 unspecified atom stereocenters. The van der Waals surface area contributed by atoms with E-state index in [9.17, 15) is 0 Å². The van der Waals surface area contributed by atoms with E-state index in [0.717, 1.165) is 27.5 Å². The van der Waals surface area contributed by atoms with Crippen molar-refractivity contribution in [3.63, 3.8) is 0 Å². The van der Waals surface area contributed by atoms with Gasteiger partial charge in [0.15, 0.2) is 0 Å². The minimum Gasteiger partial charge on any atom is -0.264 e. The Hall–Kier alpha value is -2.76. The van der Waals surface area contributed by atoms with Gasteiger partial charge in [-0.25, -0.2) is 9.97 Å². The van der Waals surface area contributed by atoms with Crippen LogP contribution in [0.2, 0.25) is 5.02 Å². The van der Waals surface area contributed by atoms with Crippen LogP contribution in [0.15, 0.2) is 90.6 Å². The maximum atomic E-state index is 6.41. The maximum absolute atomic E-state index is 6.41. The van der Waals surface area contributed by atoms with Crippen LogP contribution in [0.25, 0.3) is 0 Å². The standard InChI is InChI=1S/C23H19ClN4S/c1-29-22-9-12-27-21(28-22)14-23(18-6-3-10-25-15-18,19-7-4-11-26-16-19)17-5-2-8-20(24)13-17/h2-13,15-16H,14H2,1H3. The van der Waals surface area contributed by atoms with E-state index in [1.54, 1.807) is 24.2 Å². The van der Waals surface area contributed by atoms with Gasteiger partial charge in [-0.3, -0.25) is 9.97 Å². The van der Waals surface area contributed by atoms with Crippen LogP contribution in [0.1, 0.15) is 22.5 Å². The van der Waals surface area contributed by atoms with Gasteiger partial charge in [0.25, 0.3) is 0 Å². The molecule has 0 fully saturated rings. The third kappa shape index (κ3) is 4.02. The van der Waals surface area contributed by atoms with Crippen LogP contribution in [0.3, 0.4) is 0 Å². The van der Waals surface area contributed by atoms with Crippen LogP contribution in [0, 0.1) is 0 Å². The quantitative estimate of drug-likeness (QED) is 0.317. The molecule has 0 aliphatic heterocycles. The number of aromatic nitrogens is 4. The summed E-state index contributed by atoms with van der Waals surface area (Å²) in [6.45, 7) is 0. The number of benzene rings is 1. The van der Waals surface area contributed by atoms with Gasteiger partial charge >= 0.3 is 0 Å². The zero-order chi connectivity index (χ0) is 20.1. The van der Waals surface area contributed by atoms with E-state index in [-0.39, 0.29) is 0 Å². The summed E-state index contributed by atoms with van der Waals surface area (Å²) < 4.78 is 0. The van der Waals surface area contributed by atoms with Crippen molar-refractivity contribution in [3.8, 4) is 0 Å². The highest BCUT2D eigenvalue weighted by Crippen LogP contribution is 2.41. The minimum absolute atomic E-state index is 0.555. The van der Waals surface area contributed by atoms with Gasteiger partial charge in [-0.05, 0) is 53.3 Å². The van der Waals surface area contributed by atoms with E-state index in [0.29, 0.717) is 11.4 Å². The van der Waals surface area contributed by atoms with Crippen molar-refractivity contribution in [1.29, 1.82) is 0 Å². The highest BCUT2D eigenvalue weighted by molar-refractivity contribution is 7.98. The van der Waals surface area contributed by atoms with Crippen LogP contribution < -0.4 is 0 Å². The lowest BCUT2D eigenvalue weighted by Gasteiger charge is -2.35. The number of hydrogen-bond donors (Lipinski definition) is 0. The van der Waals surface area contributed by atoms with Crippen molar-refractivity contribution in [2.24, 2.45) is 0 Å². The Bertz CT molecular complexity index is 1050. The Morgan fingerprint density at radius 3 is 2.14 bits per heavy atom. The van der Waals surface area contributed by atoms with Crippen LogP contribution in [-0.2, 0) is 11.8 Å². The molecule has 29 heavy (non-hydrogen) atoms. The topological polar surface area (TPSA) is 51.6 Å². The molecule has 0 spiro atoms. The first kappa shape index (κ1) is 19.6. The highest BCUT2D eigenvalue weighted by Gasteiger charge is 2.38. The second kappa shape index (κ2) is 8.72. The zero-order valence-electron chi connectivity index (χ0n) is 15.9. The summed E-state index contributed by atoms with van der Waals surface area (Å²) in [4.78, 5) is 18.1. The first-order chi connectivity index (χ1) is 14.2. The van der Waals surface area contributed by atoms with E-state index >= 15 is 0 Å². The molecule has 0 atom stereocenters. The van der Waals surface area contributed by atoms with Gasteiger partial charge in [0.2, 0.25) is 0 Å². The molecule has 0 saturated heterocycles. The smallest absolute Gasteiger partial charge is 0.131 e. The van der Waals surface area contributed by atoms with Crippen molar-refractivity contribution >= 4 is 23.4 Å². The minimum atomic E-state index is -0.579. The summed E-state index contributed by atoms with van der Waals surface area (Å²) in [7, 11) is 0. The fourth-order valence-corrected chi connectivity index (χ4v) is 4.19. The Kier molecular flexibility index (Phi) is 5.88. The first-order valence-corrected chi connectivity index (χ1v) is 10.8. The number of hydrogen-bond acceptors (Lipinski definition) is 5. The molecule has 6 heteroatoms. The van der Waals surface area contributed by atoms with Crippen molar-refractivity contribution in [2.75, 3.05) is 6.26 Å². The fourth-order valence-electron chi connectivity index (χ4n) is 3.61. The summed E-state index contributed by atoms with van der Waals surface area (Å²) in [6.07, 6.45) is 11.7. The molecule has 0 amide bonds. The number of halogens is 1. The molecule has 3 aromatic heterocycles. The fraction of sp³-hybridized carbons (Fsp3) is 0.130. The van der Waals surface area contributed by atoms with Crippen LogP contribution in [0.4, 0.5) is 0 Å². The molecule has 4 rings (SSSR count). The normalized spacial score (nSPS) is 11.4. The van der Waals surface area contributed by atoms with Crippen molar-refractivity contribution in [3.05, 3.63) is 113 Å². The second-order valence-electron chi connectivity index (χ2n) is 6.59. The number of nitrogens with zero attached hydrogens (tertiary/aromatic N) is 4. The number of pyridine rings is 2. The summed E-state index contributed by atoms with van der Waals surface area (Å²) in [6, 6.07) is 17.9. The molecule has 0 saturated carbocycles. The molecule has 0 bridgehead atoms. The molecule has 0 radical (unpaired) electrons. The summed E-state index contributed by atoms with van der Waals surface area (Å²) >= 11 is 8.01. The van der Waals surface area contributed by atoms with Crippen molar-refractivity contribution < 1.29 is 0 Å². The highest BCUT2D eigenvalue weighted by atomic mass is 35.5. The van der Waals surface area contributed by atoms with Crippen molar-refractivity contribution in [1.82, 2.24) is 19.9 Å². The molecule has 3 heterocycles. The molecule has 144 valence electrons.